The molecule has 1 atom stereocenters. The van der Waals surface area contributed by atoms with Crippen LogP contribution in [-0.2, 0) is 37.1 Å². The van der Waals surface area contributed by atoms with Gasteiger partial charge < -0.3 is 14.8 Å². The van der Waals surface area contributed by atoms with Crippen LogP contribution in [0.15, 0.2) is 23.1 Å². The molecule has 1 heterocycles. The van der Waals surface area contributed by atoms with Crippen molar-refractivity contribution in [2.45, 2.75) is 57.5 Å². The zero-order chi connectivity index (χ0) is 24.3. The summed E-state index contributed by atoms with van der Waals surface area (Å²) in [5.41, 5.74) is 1.59. The fourth-order valence-electron chi connectivity index (χ4n) is 3.60. The van der Waals surface area contributed by atoms with Crippen molar-refractivity contribution < 1.29 is 32.3 Å². The van der Waals surface area contributed by atoms with Gasteiger partial charge in [-0.25, -0.2) is 23.1 Å². The van der Waals surface area contributed by atoms with Crippen LogP contribution in [0.3, 0.4) is 0 Å². The molecule has 11 heteroatoms. The quantitative estimate of drug-likeness (QED) is 0.564. The zero-order valence-corrected chi connectivity index (χ0v) is 20.2. The highest BCUT2D eigenvalue weighted by atomic mass is 32.2. The number of carbonyl (C=O) groups is 3. The summed E-state index contributed by atoms with van der Waals surface area (Å²) in [6.45, 7) is 4.86. The van der Waals surface area contributed by atoms with Crippen LogP contribution in [0.2, 0.25) is 0 Å². The van der Waals surface area contributed by atoms with Gasteiger partial charge in [0.2, 0.25) is 10.0 Å². The number of hydrogen-bond acceptors (Lipinski definition) is 8. The smallest absolute Gasteiger partial charge is 0.341 e. The first-order valence-electron chi connectivity index (χ1n) is 10.5. The number of thiophene rings is 1. The Bertz CT molecular complexity index is 1200. The first kappa shape index (κ1) is 24.9. The van der Waals surface area contributed by atoms with E-state index in [1.807, 2.05) is 0 Å². The Hall–Kier alpha value is -2.76. The normalized spacial score (nSPS) is 14.2. The van der Waals surface area contributed by atoms with E-state index in [0.717, 1.165) is 42.2 Å². The van der Waals surface area contributed by atoms with Crippen molar-refractivity contribution in [3.63, 3.8) is 0 Å². The van der Waals surface area contributed by atoms with Crippen LogP contribution in [0.4, 0.5) is 5.00 Å². The van der Waals surface area contributed by atoms with E-state index in [1.165, 1.54) is 30.4 Å². The molecule has 33 heavy (non-hydrogen) atoms. The number of hydrogen-bond donors (Lipinski definition) is 2. The second-order valence-electron chi connectivity index (χ2n) is 7.70. The van der Waals surface area contributed by atoms with E-state index < -0.39 is 34.0 Å². The van der Waals surface area contributed by atoms with E-state index in [1.54, 1.807) is 13.8 Å². The van der Waals surface area contributed by atoms with E-state index >= 15 is 0 Å². The molecule has 3 N–H and O–H groups in total. The molecule has 0 aliphatic heterocycles. The number of amides is 1. The van der Waals surface area contributed by atoms with Crippen molar-refractivity contribution in [1.29, 1.82) is 0 Å². The lowest BCUT2D eigenvalue weighted by Gasteiger charge is -2.15. The summed E-state index contributed by atoms with van der Waals surface area (Å²) in [6, 6.07) is 3.94. The van der Waals surface area contributed by atoms with Crippen LogP contribution in [0, 0.1) is 6.92 Å². The molecule has 1 aromatic carbocycles. The van der Waals surface area contributed by atoms with Crippen LogP contribution in [0.1, 0.15) is 63.4 Å². The Morgan fingerprint density at radius 1 is 1.18 bits per heavy atom. The summed E-state index contributed by atoms with van der Waals surface area (Å²) < 4.78 is 33.8. The summed E-state index contributed by atoms with van der Waals surface area (Å²) in [7, 11) is -4.02. The van der Waals surface area contributed by atoms with Crippen molar-refractivity contribution in [2.75, 3.05) is 11.9 Å². The SMILES string of the molecule is CCOC(=O)c1c(NC(=O)C(C)OC(=O)c2ccc(C)c(S(N)(=O)=O)c2)sc2c1CCCC2. The molecule has 9 nitrogen and oxygen atoms in total. The molecule has 3 rings (SSSR count). The fourth-order valence-corrected chi connectivity index (χ4v) is 5.69. The van der Waals surface area contributed by atoms with Crippen LogP contribution >= 0.6 is 11.3 Å². The number of benzene rings is 1. The van der Waals surface area contributed by atoms with Gasteiger partial charge in [-0.3, -0.25) is 4.79 Å². The summed E-state index contributed by atoms with van der Waals surface area (Å²) in [5.74, 6) is -1.99. The number of primary sulfonamides is 1. The number of anilines is 1. The van der Waals surface area contributed by atoms with E-state index in [4.69, 9.17) is 14.6 Å². The fraction of sp³-hybridized carbons (Fsp3) is 0.409. The average Bonchev–Trinajstić information content (AvgIpc) is 3.11. The van der Waals surface area contributed by atoms with Crippen molar-refractivity contribution in [3.8, 4) is 0 Å². The standard InChI is InChI=1S/C22H26N2O7S2/c1-4-30-22(27)18-15-7-5-6-8-16(15)32-20(18)24-19(25)13(3)31-21(26)14-10-9-12(2)17(11-14)33(23,28)29/h9-11,13H,4-8H2,1-3H3,(H,24,25)(H2,23,28,29). The monoisotopic (exact) mass is 494 g/mol. The number of esters is 2. The van der Waals surface area contributed by atoms with E-state index in [0.29, 0.717) is 16.1 Å². The predicted octanol–water partition coefficient (Wildman–Crippen LogP) is 2.94. The first-order chi connectivity index (χ1) is 15.5. The van der Waals surface area contributed by atoms with Gasteiger partial charge >= 0.3 is 11.9 Å². The highest BCUT2D eigenvalue weighted by Crippen LogP contribution is 2.38. The zero-order valence-electron chi connectivity index (χ0n) is 18.6. The van der Waals surface area contributed by atoms with Crippen molar-refractivity contribution >= 4 is 44.2 Å². The molecule has 0 fully saturated rings. The molecule has 0 bridgehead atoms. The maximum atomic E-state index is 12.8. The van der Waals surface area contributed by atoms with Gasteiger partial charge in [0.05, 0.1) is 22.6 Å². The maximum absolute atomic E-state index is 12.8. The summed E-state index contributed by atoms with van der Waals surface area (Å²) >= 11 is 1.33. The number of nitrogens with one attached hydrogen (secondary N) is 1. The lowest BCUT2D eigenvalue weighted by molar-refractivity contribution is -0.123. The predicted molar refractivity (Wildman–Crippen MR) is 123 cm³/mol. The number of sulfonamides is 1. The van der Waals surface area contributed by atoms with E-state index in [9.17, 15) is 22.8 Å². The molecule has 2 aromatic rings. The first-order valence-corrected chi connectivity index (χ1v) is 12.9. The minimum Gasteiger partial charge on any atom is -0.462 e. The molecule has 1 aliphatic rings. The molecule has 1 aromatic heterocycles. The largest absolute Gasteiger partial charge is 0.462 e. The second kappa shape index (κ2) is 10.0. The summed E-state index contributed by atoms with van der Waals surface area (Å²) in [5, 5.41) is 8.25. The summed E-state index contributed by atoms with van der Waals surface area (Å²) in [4.78, 5) is 38.7. The number of ether oxygens (including phenoxy) is 2. The minimum absolute atomic E-state index is 0.0527. The van der Waals surface area contributed by atoms with Crippen LogP contribution < -0.4 is 10.5 Å². The number of fused-ring (bicyclic) bond motifs is 1. The van der Waals surface area contributed by atoms with Crippen LogP contribution in [-0.4, -0.2) is 39.0 Å². The number of rotatable bonds is 7. The van der Waals surface area contributed by atoms with Gasteiger partial charge in [-0.05, 0) is 69.7 Å². The second-order valence-corrected chi connectivity index (χ2v) is 10.3. The third-order valence-electron chi connectivity index (χ3n) is 5.27. The minimum atomic E-state index is -4.02. The Labute approximate surface area is 196 Å². The molecule has 0 saturated heterocycles. The molecule has 1 amide bonds. The van der Waals surface area contributed by atoms with Crippen LogP contribution in [0.5, 0.6) is 0 Å². The summed E-state index contributed by atoms with van der Waals surface area (Å²) in [6.07, 6.45) is 2.32. The van der Waals surface area contributed by atoms with Gasteiger partial charge in [0.25, 0.3) is 5.91 Å². The van der Waals surface area contributed by atoms with Gasteiger partial charge in [0, 0.05) is 4.88 Å². The molecule has 0 saturated carbocycles. The van der Waals surface area contributed by atoms with Gasteiger partial charge in [0.1, 0.15) is 5.00 Å². The lowest BCUT2D eigenvalue weighted by Crippen LogP contribution is -2.30. The molecule has 1 aliphatic carbocycles. The molecule has 0 spiro atoms. The molecular weight excluding hydrogens is 468 g/mol. The topological polar surface area (TPSA) is 142 Å². The van der Waals surface area contributed by atoms with Gasteiger partial charge in [-0.1, -0.05) is 6.07 Å². The Morgan fingerprint density at radius 2 is 1.88 bits per heavy atom. The number of carbonyl (C=O) groups excluding carboxylic acids is 3. The van der Waals surface area contributed by atoms with E-state index in [2.05, 4.69) is 5.32 Å². The third kappa shape index (κ3) is 5.60. The lowest BCUT2D eigenvalue weighted by atomic mass is 9.95. The van der Waals surface area contributed by atoms with Gasteiger partial charge in [-0.15, -0.1) is 11.3 Å². The molecule has 1 unspecified atom stereocenters. The van der Waals surface area contributed by atoms with Crippen molar-refractivity contribution in [3.05, 3.63) is 45.3 Å². The highest BCUT2D eigenvalue weighted by Gasteiger charge is 2.29. The molecular formula is C22H26N2O7S2. The highest BCUT2D eigenvalue weighted by molar-refractivity contribution is 7.89. The third-order valence-corrected chi connectivity index (χ3v) is 7.53. The Balaban J connectivity index is 1.77. The Kier molecular flexibility index (Phi) is 7.55. The molecule has 0 radical (unpaired) electrons. The molecule has 178 valence electrons. The average molecular weight is 495 g/mol. The van der Waals surface area contributed by atoms with Crippen molar-refractivity contribution in [2.24, 2.45) is 5.14 Å². The van der Waals surface area contributed by atoms with Crippen LogP contribution in [0.25, 0.3) is 0 Å². The van der Waals surface area contributed by atoms with Gasteiger partial charge in [0.15, 0.2) is 6.10 Å². The van der Waals surface area contributed by atoms with Gasteiger partial charge in [-0.2, -0.15) is 0 Å². The number of aryl methyl sites for hydroxylation is 2. The number of nitrogens with two attached hydrogens (primary N) is 1. The van der Waals surface area contributed by atoms with E-state index in [-0.39, 0.29) is 17.1 Å². The van der Waals surface area contributed by atoms with Crippen molar-refractivity contribution in [1.82, 2.24) is 0 Å². The maximum Gasteiger partial charge on any atom is 0.341 e. The Morgan fingerprint density at radius 3 is 2.55 bits per heavy atom.